The van der Waals surface area contributed by atoms with Gasteiger partial charge in [0.05, 0.1) is 4.75 Å². The molecule has 0 unspecified atom stereocenters. The van der Waals surface area contributed by atoms with Gasteiger partial charge in [0, 0.05) is 12.8 Å². The molecule has 110 valence electrons. The summed E-state index contributed by atoms with van der Waals surface area (Å²) in [6, 6.07) is 0. The van der Waals surface area contributed by atoms with E-state index in [2.05, 4.69) is 17.5 Å². The third kappa shape index (κ3) is 2.89. The van der Waals surface area contributed by atoms with Crippen LogP contribution in [0.3, 0.4) is 0 Å². The number of nitrogens with one attached hydrogen (secondary N) is 1. The van der Waals surface area contributed by atoms with E-state index < -0.39 is 14.6 Å². The average molecular weight is 285 g/mol. The number of rotatable bonds is 7. The Hall–Kier alpha value is -0.350. The van der Waals surface area contributed by atoms with Gasteiger partial charge in [-0.1, -0.05) is 26.0 Å². The number of hydrogen-bond acceptors (Lipinski definition) is 3. The van der Waals surface area contributed by atoms with Crippen LogP contribution in [-0.2, 0) is 9.84 Å². The summed E-state index contributed by atoms with van der Waals surface area (Å²) in [5, 5.41) is 3.45. The number of sulfone groups is 1. The van der Waals surface area contributed by atoms with Crippen LogP contribution in [0.25, 0.3) is 0 Å². The van der Waals surface area contributed by atoms with E-state index in [0.29, 0.717) is 25.3 Å². The van der Waals surface area contributed by atoms with Crippen LogP contribution in [-0.4, -0.2) is 32.5 Å². The van der Waals surface area contributed by atoms with Crippen LogP contribution in [0.2, 0.25) is 0 Å². The molecule has 3 nitrogen and oxygen atoms in total. The van der Waals surface area contributed by atoms with Gasteiger partial charge in [-0.2, -0.15) is 0 Å². The highest BCUT2D eigenvalue weighted by Gasteiger charge is 2.38. The van der Waals surface area contributed by atoms with E-state index in [4.69, 9.17) is 0 Å². The summed E-state index contributed by atoms with van der Waals surface area (Å²) in [5.74, 6) is 2.23. The largest absolute Gasteiger partial charge is 0.315 e. The lowest BCUT2D eigenvalue weighted by Gasteiger charge is -2.31. The van der Waals surface area contributed by atoms with Gasteiger partial charge >= 0.3 is 0 Å². The fourth-order valence-electron chi connectivity index (χ4n) is 3.77. The molecule has 3 atom stereocenters. The monoisotopic (exact) mass is 285 g/mol. The smallest absolute Gasteiger partial charge is 0.154 e. The minimum Gasteiger partial charge on any atom is -0.315 e. The van der Waals surface area contributed by atoms with Crippen LogP contribution < -0.4 is 5.32 Å². The molecule has 0 saturated heterocycles. The molecule has 0 radical (unpaired) electrons. The summed E-state index contributed by atoms with van der Waals surface area (Å²) in [5.41, 5.74) is 0. The summed E-state index contributed by atoms with van der Waals surface area (Å²) in [7, 11) is -3.01. The lowest BCUT2D eigenvalue weighted by atomic mass is 9.93. The first kappa shape index (κ1) is 15.0. The second-order valence-electron chi connectivity index (χ2n) is 6.33. The molecular formula is C15H27NO2S. The predicted octanol–water partition coefficient (Wildman–Crippen LogP) is 2.39. The summed E-state index contributed by atoms with van der Waals surface area (Å²) in [6.45, 7) is 5.51. The van der Waals surface area contributed by atoms with E-state index >= 15 is 0 Å². The molecule has 0 aromatic heterocycles. The molecule has 1 fully saturated rings. The van der Waals surface area contributed by atoms with Gasteiger partial charge in [0.25, 0.3) is 0 Å². The van der Waals surface area contributed by atoms with Crippen molar-refractivity contribution in [3.63, 3.8) is 0 Å². The maximum atomic E-state index is 12.0. The van der Waals surface area contributed by atoms with E-state index in [1.165, 1.54) is 19.1 Å². The van der Waals surface area contributed by atoms with Crippen molar-refractivity contribution in [3.05, 3.63) is 12.2 Å². The number of fused-ring (bicyclic) bond motifs is 2. The highest BCUT2D eigenvalue weighted by Crippen LogP contribution is 2.43. The summed E-state index contributed by atoms with van der Waals surface area (Å²) in [6.07, 6.45) is 10.0. The van der Waals surface area contributed by atoms with Crippen molar-refractivity contribution < 1.29 is 8.42 Å². The zero-order chi connectivity index (χ0) is 14.1. The standard InChI is InChI=1S/C15H27NO2S/c1-4-15(5-2,19(3,17)18)11-16-10-14-9-12-6-7-13(14)8-12/h6-7,12-14,16H,4-5,8-11H2,1-3H3/t12-,13-,14-/m0/s1. The van der Waals surface area contributed by atoms with Gasteiger partial charge in [-0.05, 0) is 50.0 Å². The fourth-order valence-corrected chi connectivity index (χ4v) is 5.18. The van der Waals surface area contributed by atoms with Gasteiger partial charge in [-0.25, -0.2) is 8.42 Å². The van der Waals surface area contributed by atoms with Gasteiger partial charge in [-0.15, -0.1) is 0 Å². The number of allylic oxidation sites excluding steroid dienone is 2. The normalized spacial score (nSPS) is 30.2. The predicted molar refractivity (Wildman–Crippen MR) is 79.9 cm³/mol. The fraction of sp³-hybridized carbons (Fsp3) is 0.867. The molecule has 0 spiro atoms. The highest BCUT2D eigenvalue weighted by atomic mass is 32.2. The summed E-state index contributed by atoms with van der Waals surface area (Å²) < 4.78 is 23.5. The zero-order valence-electron chi connectivity index (χ0n) is 12.4. The van der Waals surface area contributed by atoms with Crippen molar-refractivity contribution in [2.45, 2.75) is 44.3 Å². The summed E-state index contributed by atoms with van der Waals surface area (Å²) in [4.78, 5) is 0. The molecule has 2 aliphatic rings. The van der Waals surface area contributed by atoms with E-state index in [9.17, 15) is 8.42 Å². The molecule has 19 heavy (non-hydrogen) atoms. The van der Waals surface area contributed by atoms with Gasteiger partial charge < -0.3 is 5.32 Å². The molecule has 0 heterocycles. The van der Waals surface area contributed by atoms with Gasteiger partial charge in [0.1, 0.15) is 0 Å². The topological polar surface area (TPSA) is 46.2 Å². The van der Waals surface area contributed by atoms with Crippen molar-refractivity contribution in [2.24, 2.45) is 17.8 Å². The molecule has 2 rings (SSSR count). The summed E-state index contributed by atoms with van der Waals surface area (Å²) >= 11 is 0. The Morgan fingerprint density at radius 2 is 1.89 bits per heavy atom. The molecule has 0 aromatic rings. The van der Waals surface area contributed by atoms with Crippen molar-refractivity contribution >= 4 is 9.84 Å². The van der Waals surface area contributed by atoms with Crippen LogP contribution in [0, 0.1) is 17.8 Å². The van der Waals surface area contributed by atoms with E-state index in [0.717, 1.165) is 18.4 Å². The maximum Gasteiger partial charge on any atom is 0.154 e. The SMILES string of the molecule is CCC(CC)(CNC[C@@H]1C[C@H]2C=C[C@H]1C2)S(C)(=O)=O. The van der Waals surface area contributed by atoms with Crippen molar-refractivity contribution in [1.82, 2.24) is 5.32 Å². The molecule has 0 amide bonds. The maximum absolute atomic E-state index is 12.0. The number of hydrogen-bond donors (Lipinski definition) is 1. The second kappa shape index (κ2) is 5.57. The minimum absolute atomic E-state index is 0.583. The van der Waals surface area contributed by atoms with Crippen LogP contribution in [0.1, 0.15) is 39.5 Å². The third-order valence-corrected chi connectivity index (χ3v) is 7.64. The van der Waals surface area contributed by atoms with E-state index in [-0.39, 0.29) is 0 Å². The zero-order valence-corrected chi connectivity index (χ0v) is 13.2. The Morgan fingerprint density at radius 1 is 1.21 bits per heavy atom. The first-order chi connectivity index (χ1) is 8.92. The van der Waals surface area contributed by atoms with Crippen LogP contribution in [0.5, 0.6) is 0 Å². The molecule has 1 saturated carbocycles. The Labute approximate surface area is 117 Å². The first-order valence-corrected chi connectivity index (χ1v) is 9.39. The lowest BCUT2D eigenvalue weighted by Crippen LogP contribution is -2.47. The third-order valence-electron chi connectivity index (χ3n) is 5.35. The molecule has 2 bridgehead atoms. The lowest BCUT2D eigenvalue weighted by molar-refractivity contribution is 0.384. The van der Waals surface area contributed by atoms with Gasteiger partial charge in [0.2, 0.25) is 0 Å². The van der Waals surface area contributed by atoms with Crippen molar-refractivity contribution in [3.8, 4) is 0 Å². The Kier molecular flexibility index (Phi) is 4.41. The van der Waals surface area contributed by atoms with Crippen LogP contribution in [0.15, 0.2) is 12.2 Å². The second-order valence-corrected chi connectivity index (χ2v) is 8.74. The average Bonchev–Trinajstić information content (AvgIpc) is 2.95. The van der Waals surface area contributed by atoms with E-state index in [1.807, 2.05) is 13.8 Å². The molecular weight excluding hydrogens is 258 g/mol. The van der Waals surface area contributed by atoms with Crippen LogP contribution in [0.4, 0.5) is 0 Å². The van der Waals surface area contributed by atoms with Crippen molar-refractivity contribution in [2.75, 3.05) is 19.3 Å². The molecule has 2 aliphatic carbocycles. The van der Waals surface area contributed by atoms with E-state index in [1.54, 1.807) is 0 Å². The van der Waals surface area contributed by atoms with Gasteiger partial charge in [-0.3, -0.25) is 0 Å². The van der Waals surface area contributed by atoms with Crippen molar-refractivity contribution in [1.29, 1.82) is 0 Å². The molecule has 4 heteroatoms. The molecule has 0 aromatic carbocycles. The molecule has 1 N–H and O–H groups in total. The first-order valence-electron chi connectivity index (χ1n) is 7.50. The quantitative estimate of drug-likeness (QED) is 0.731. The minimum atomic E-state index is -3.01. The van der Waals surface area contributed by atoms with Crippen LogP contribution >= 0.6 is 0 Å². The molecule has 0 aliphatic heterocycles. The van der Waals surface area contributed by atoms with Gasteiger partial charge in [0.15, 0.2) is 9.84 Å². The Balaban J connectivity index is 1.88. The Bertz CT molecular complexity index is 437. The highest BCUT2D eigenvalue weighted by molar-refractivity contribution is 7.92. The Morgan fingerprint density at radius 3 is 2.32 bits per heavy atom.